The highest BCUT2D eigenvalue weighted by Gasteiger charge is 2.06. The molecule has 1 heterocycles. The van der Waals surface area contributed by atoms with Crippen LogP contribution in [-0.4, -0.2) is 10.5 Å². The van der Waals surface area contributed by atoms with Gasteiger partial charge in [0.05, 0.1) is 4.88 Å². The average Bonchev–Trinajstić information content (AvgIpc) is 2.90. The Morgan fingerprint density at radius 3 is 2.41 bits per heavy atom. The second-order valence-electron chi connectivity index (χ2n) is 5.14. The molecule has 0 saturated heterocycles. The average molecular weight is 308 g/mol. The van der Waals surface area contributed by atoms with E-state index < -0.39 is 0 Å². The number of thiazole rings is 1. The zero-order chi connectivity index (χ0) is 15.5. The van der Waals surface area contributed by atoms with Crippen LogP contribution in [0.25, 0.3) is 10.4 Å². The third kappa shape index (κ3) is 3.07. The largest absolute Gasteiger partial charge is 0.326 e. The van der Waals surface area contributed by atoms with Crippen LogP contribution in [0, 0.1) is 6.92 Å². The Hall–Kier alpha value is -2.46. The number of aromatic nitrogens is 1. The summed E-state index contributed by atoms with van der Waals surface area (Å²) in [4.78, 5) is 18.2. The van der Waals surface area contributed by atoms with Crippen molar-refractivity contribution in [2.24, 2.45) is 12.0 Å². The lowest BCUT2D eigenvalue weighted by Gasteiger charge is -1.96. The van der Waals surface area contributed by atoms with E-state index in [-0.39, 0.29) is 5.91 Å². The van der Waals surface area contributed by atoms with E-state index in [1.54, 1.807) is 12.1 Å². The highest BCUT2D eigenvalue weighted by Crippen LogP contribution is 2.22. The monoisotopic (exact) mass is 308 g/mol. The zero-order valence-electron chi connectivity index (χ0n) is 12.5. The van der Waals surface area contributed by atoms with E-state index in [9.17, 15) is 4.79 Å². The molecule has 0 unspecified atom stereocenters. The van der Waals surface area contributed by atoms with E-state index in [0.717, 1.165) is 10.4 Å². The van der Waals surface area contributed by atoms with E-state index in [0.29, 0.717) is 10.4 Å². The first kappa shape index (κ1) is 14.5. The molecular formula is C18H16N2OS. The molecule has 1 amide bonds. The van der Waals surface area contributed by atoms with Gasteiger partial charge in [-0.3, -0.25) is 4.79 Å². The van der Waals surface area contributed by atoms with Crippen molar-refractivity contribution in [3.8, 4) is 10.4 Å². The Morgan fingerprint density at radius 2 is 1.73 bits per heavy atom. The predicted molar refractivity (Wildman–Crippen MR) is 89.8 cm³/mol. The summed E-state index contributed by atoms with van der Waals surface area (Å²) in [7, 11) is 1.91. The molecule has 0 aliphatic rings. The topological polar surface area (TPSA) is 34.4 Å². The van der Waals surface area contributed by atoms with E-state index in [2.05, 4.69) is 36.2 Å². The van der Waals surface area contributed by atoms with Crippen LogP contribution in [0.3, 0.4) is 0 Å². The summed E-state index contributed by atoms with van der Waals surface area (Å²) < 4.78 is 1.89. The molecule has 1 aromatic heterocycles. The van der Waals surface area contributed by atoms with Crippen molar-refractivity contribution in [2.45, 2.75) is 6.92 Å². The van der Waals surface area contributed by atoms with Crippen LogP contribution < -0.4 is 4.80 Å². The van der Waals surface area contributed by atoms with Gasteiger partial charge in [0.2, 0.25) is 0 Å². The number of carbonyl (C=O) groups excluding carboxylic acids is 1. The van der Waals surface area contributed by atoms with Crippen LogP contribution in [0.4, 0.5) is 0 Å². The first-order chi connectivity index (χ1) is 10.6. The number of benzene rings is 2. The van der Waals surface area contributed by atoms with Crippen LogP contribution >= 0.6 is 11.3 Å². The fraction of sp³-hybridized carbons (Fsp3) is 0.111. The number of carbonyl (C=O) groups is 1. The molecule has 0 saturated carbocycles. The Morgan fingerprint density at radius 1 is 1.05 bits per heavy atom. The number of hydrogen-bond acceptors (Lipinski definition) is 2. The van der Waals surface area contributed by atoms with Gasteiger partial charge in [-0.2, -0.15) is 4.99 Å². The maximum Gasteiger partial charge on any atom is 0.279 e. The summed E-state index contributed by atoms with van der Waals surface area (Å²) in [6.45, 7) is 2.07. The smallest absolute Gasteiger partial charge is 0.279 e. The van der Waals surface area contributed by atoms with Crippen molar-refractivity contribution in [3.05, 3.63) is 76.7 Å². The lowest BCUT2D eigenvalue weighted by atomic mass is 10.1. The van der Waals surface area contributed by atoms with Crippen molar-refractivity contribution in [3.63, 3.8) is 0 Å². The van der Waals surface area contributed by atoms with E-state index >= 15 is 0 Å². The van der Waals surface area contributed by atoms with Crippen molar-refractivity contribution in [1.82, 2.24) is 4.57 Å². The summed E-state index contributed by atoms with van der Waals surface area (Å²) >= 11 is 1.52. The van der Waals surface area contributed by atoms with Crippen molar-refractivity contribution in [2.75, 3.05) is 0 Å². The fourth-order valence-electron chi connectivity index (χ4n) is 2.11. The maximum atomic E-state index is 12.2. The number of aryl methyl sites for hydroxylation is 2. The van der Waals surface area contributed by atoms with Crippen molar-refractivity contribution < 1.29 is 4.79 Å². The van der Waals surface area contributed by atoms with Gasteiger partial charge in [-0.15, -0.1) is 0 Å². The molecule has 3 aromatic rings. The summed E-state index contributed by atoms with van der Waals surface area (Å²) in [6, 6.07) is 17.5. The van der Waals surface area contributed by atoms with Gasteiger partial charge in [-0.05, 0) is 24.6 Å². The maximum absolute atomic E-state index is 12.2. The van der Waals surface area contributed by atoms with Crippen LogP contribution in [0.15, 0.2) is 65.8 Å². The lowest BCUT2D eigenvalue weighted by Crippen LogP contribution is -2.12. The van der Waals surface area contributed by atoms with Gasteiger partial charge >= 0.3 is 0 Å². The minimum Gasteiger partial charge on any atom is -0.326 e. The number of rotatable bonds is 2. The summed E-state index contributed by atoms with van der Waals surface area (Å²) in [5.74, 6) is -0.214. The molecule has 22 heavy (non-hydrogen) atoms. The Labute approximate surface area is 133 Å². The number of nitrogens with zero attached hydrogens (tertiary/aromatic N) is 2. The first-order valence-corrected chi connectivity index (χ1v) is 7.83. The molecule has 0 bridgehead atoms. The van der Waals surface area contributed by atoms with Gasteiger partial charge in [0.25, 0.3) is 5.91 Å². The molecule has 0 fully saturated rings. The van der Waals surface area contributed by atoms with Gasteiger partial charge < -0.3 is 4.57 Å². The Balaban J connectivity index is 1.97. The lowest BCUT2D eigenvalue weighted by molar-refractivity contribution is 0.0998. The number of amides is 1. The highest BCUT2D eigenvalue weighted by atomic mass is 32.1. The first-order valence-electron chi connectivity index (χ1n) is 7.01. The molecule has 0 radical (unpaired) electrons. The van der Waals surface area contributed by atoms with E-state index in [4.69, 9.17) is 0 Å². The SMILES string of the molecule is Cc1ccc(-c2cn(C)/c(=N\C(=O)c3ccccc3)s2)cc1. The van der Waals surface area contributed by atoms with Crippen molar-refractivity contribution >= 4 is 17.2 Å². The molecule has 3 rings (SSSR count). The molecule has 4 heteroatoms. The molecular weight excluding hydrogens is 292 g/mol. The minimum atomic E-state index is -0.214. The van der Waals surface area contributed by atoms with Crippen LogP contribution in [0.5, 0.6) is 0 Å². The molecule has 2 aromatic carbocycles. The van der Waals surface area contributed by atoms with Gasteiger partial charge in [-0.1, -0.05) is 59.4 Å². The molecule has 0 aliphatic carbocycles. The Bertz CT molecular complexity index is 858. The number of hydrogen-bond donors (Lipinski definition) is 0. The van der Waals surface area contributed by atoms with E-state index in [1.807, 2.05) is 36.0 Å². The summed E-state index contributed by atoms with van der Waals surface area (Å²) in [5.41, 5.74) is 2.97. The molecule has 110 valence electrons. The third-order valence-corrected chi connectivity index (χ3v) is 4.49. The standard InChI is InChI=1S/C18H16N2OS/c1-13-8-10-14(11-9-13)16-12-20(2)18(22-16)19-17(21)15-6-4-3-5-7-15/h3-12H,1-2H3/b19-18+. The fourth-order valence-corrected chi connectivity index (χ4v) is 3.10. The van der Waals surface area contributed by atoms with Crippen molar-refractivity contribution in [1.29, 1.82) is 0 Å². The highest BCUT2D eigenvalue weighted by molar-refractivity contribution is 7.12. The normalized spacial score (nSPS) is 11.6. The molecule has 0 atom stereocenters. The zero-order valence-corrected chi connectivity index (χ0v) is 13.3. The van der Waals surface area contributed by atoms with Gasteiger partial charge in [0.15, 0.2) is 4.80 Å². The van der Waals surface area contributed by atoms with Crippen LogP contribution in [0.1, 0.15) is 15.9 Å². The second kappa shape index (κ2) is 6.12. The van der Waals surface area contributed by atoms with E-state index in [1.165, 1.54) is 16.9 Å². The summed E-state index contributed by atoms with van der Waals surface area (Å²) in [6.07, 6.45) is 2.01. The predicted octanol–water partition coefficient (Wildman–Crippen LogP) is 3.80. The molecule has 0 N–H and O–H groups in total. The van der Waals surface area contributed by atoms with Gasteiger partial charge in [0.1, 0.15) is 0 Å². The van der Waals surface area contributed by atoms with Gasteiger partial charge in [-0.25, -0.2) is 0 Å². The third-order valence-electron chi connectivity index (χ3n) is 3.37. The summed E-state index contributed by atoms with van der Waals surface area (Å²) in [5, 5.41) is 0. The quantitative estimate of drug-likeness (QED) is 0.709. The molecule has 3 nitrogen and oxygen atoms in total. The molecule has 0 aliphatic heterocycles. The second-order valence-corrected chi connectivity index (χ2v) is 6.15. The van der Waals surface area contributed by atoms with Crippen LogP contribution in [0.2, 0.25) is 0 Å². The Kier molecular flexibility index (Phi) is 4.02. The van der Waals surface area contributed by atoms with Crippen LogP contribution in [-0.2, 0) is 7.05 Å². The minimum absolute atomic E-state index is 0.214. The van der Waals surface area contributed by atoms with Gasteiger partial charge in [0, 0.05) is 18.8 Å². The molecule has 0 spiro atoms.